The number of nitrogens with one attached hydrogen (secondary N) is 1. The number of carbonyl (C=O) groups excluding carboxylic acids is 3. The van der Waals surface area contributed by atoms with Gasteiger partial charge in [0.25, 0.3) is 11.8 Å². The van der Waals surface area contributed by atoms with Gasteiger partial charge in [0.2, 0.25) is 5.91 Å². The van der Waals surface area contributed by atoms with Crippen LogP contribution in [0.3, 0.4) is 0 Å². The van der Waals surface area contributed by atoms with Gasteiger partial charge in [-0.1, -0.05) is 18.2 Å². The second kappa shape index (κ2) is 8.49. The van der Waals surface area contributed by atoms with Gasteiger partial charge in [-0.2, -0.15) is 0 Å². The van der Waals surface area contributed by atoms with E-state index >= 15 is 0 Å². The molecule has 1 fully saturated rings. The molecule has 0 aliphatic carbocycles. The molecular weight excluding hydrogens is 342 g/mol. The molecule has 3 rings (SSSR count). The molecule has 0 bridgehead atoms. The van der Waals surface area contributed by atoms with Gasteiger partial charge in [-0.05, 0) is 42.8 Å². The number of rotatable bonds is 3. The van der Waals surface area contributed by atoms with E-state index in [0.717, 1.165) is 6.42 Å². The predicted molar refractivity (Wildman–Crippen MR) is 104 cm³/mol. The maximum atomic E-state index is 12.8. The first-order valence-electron chi connectivity index (χ1n) is 9.06. The van der Waals surface area contributed by atoms with Crippen molar-refractivity contribution in [3.63, 3.8) is 0 Å². The molecule has 1 heterocycles. The molecule has 0 radical (unpaired) electrons. The number of carbonyl (C=O) groups is 3. The van der Waals surface area contributed by atoms with Crippen LogP contribution in [0.2, 0.25) is 0 Å². The summed E-state index contributed by atoms with van der Waals surface area (Å²) in [4.78, 5) is 40.1. The fourth-order valence-electron chi connectivity index (χ4n) is 3.17. The highest BCUT2D eigenvalue weighted by Gasteiger charge is 2.23. The zero-order chi connectivity index (χ0) is 19.2. The number of benzene rings is 2. The monoisotopic (exact) mass is 365 g/mol. The SMILES string of the molecule is CC(=O)Nc1ccc(C(=O)N2CCCN(C(=O)c3ccccc3)CC2)cc1. The zero-order valence-electron chi connectivity index (χ0n) is 15.4. The minimum absolute atomic E-state index is 0.00422. The second-order valence-corrected chi connectivity index (χ2v) is 6.56. The van der Waals surface area contributed by atoms with Crippen LogP contribution < -0.4 is 5.32 Å². The molecule has 0 atom stereocenters. The maximum absolute atomic E-state index is 12.8. The lowest BCUT2D eigenvalue weighted by Gasteiger charge is -2.22. The van der Waals surface area contributed by atoms with Crippen molar-refractivity contribution in [1.82, 2.24) is 9.80 Å². The van der Waals surface area contributed by atoms with E-state index in [4.69, 9.17) is 0 Å². The quantitative estimate of drug-likeness (QED) is 0.909. The minimum Gasteiger partial charge on any atom is -0.337 e. The molecule has 0 spiro atoms. The van der Waals surface area contributed by atoms with Crippen LogP contribution in [0.15, 0.2) is 54.6 Å². The van der Waals surface area contributed by atoms with Crippen molar-refractivity contribution >= 4 is 23.4 Å². The highest BCUT2D eigenvalue weighted by atomic mass is 16.2. The van der Waals surface area contributed by atoms with Crippen LogP contribution in [0, 0.1) is 0 Å². The summed E-state index contributed by atoms with van der Waals surface area (Å²) in [6.45, 7) is 3.72. The number of anilines is 1. The molecule has 2 aromatic carbocycles. The third-order valence-corrected chi connectivity index (χ3v) is 4.54. The number of amides is 3. The van der Waals surface area contributed by atoms with Crippen LogP contribution in [0.25, 0.3) is 0 Å². The van der Waals surface area contributed by atoms with Crippen LogP contribution in [0.5, 0.6) is 0 Å². The van der Waals surface area contributed by atoms with Gasteiger partial charge in [0, 0.05) is 49.9 Å². The summed E-state index contributed by atoms with van der Waals surface area (Å²) < 4.78 is 0. The lowest BCUT2D eigenvalue weighted by molar-refractivity contribution is -0.114. The van der Waals surface area contributed by atoms with Crippen molar-refractivity contribution in [2.75, 3.05) is 31.5 Å². The molecule has 0 saturated carbocycles. The smallest absolute Gasteiger partial charge is 0.253 e. The van der Waals surface area contributed by atoms with Crippen LogP contribution in [-0.4, -0.2) is 53.7 Å². The molecule has 1 saturated heterocycles. The number of hydrogen-bond acceptors (Lipinski definition) is 3. The van der Waals surface area contributed by atoms with Gasteiger partial charge < -0.3 is 15.1 Å². The number of hydrogen-bond donors (Lipinski definition) is 1. The fraction of sp³-hybridized carbons (Fsp3) is 0.286. The van der Waals surface area contributed by atoms with Gasteiger partial charge in [-0.15, -0.1) is 0 Å². The van der Waals surface area contributed by atoms with Crippen LogP contribution in [0.4, 0.5) is 5.69 Å². The topological polar surface area (TPSA) is 69.7 Å². The van der Waals surface area contributed by atoms with E-state index in [1.54, 1.807) is 29.2 Å². The van der Waals surface area contributed by atoms with Crippen molar-refractivity contribution in [3.8, 4) is 0 Å². The molecule has 1 N–H and O–H groups in total. The molecule has 1 aliphatic rings. The summed E-state index contributed by atoms with van der Waals surface area (Å²) in [6.07, 6.45) is 0.744. The van der Waals surface area contributed by atoms with Crippen LogP contribution in [0.1, 0.15) is 34.1 Å². The minimum atomic E-state index is -0.148. The summed E-state index contributed by atoms with van der Waals surface area (Å²) >= 11 is 0. The van der Waals surface area contributed by atoms with Gasteiger partial charge in [0.15, 0.2) is 0 Å². The summed E-state index contributed by atoms with van der Waals surface area (Å²) in [6, 6.07) is 16.1. The first-order valence-corrected chi connectivity index (χ1v) is 9.06. The molecule has 27 heavy (non-hydrogen) atoms. The summed E-state index contributed by atoms with van der Waals surface area (Å²) in [5.74, 6) is -0.201. The molecule has 3 amide bonds. The highest BCUT2D eigenvalue weighted by Crippen LogP contribution is 2.14. The summed E-state index contributed by atoms with van der Waals surface area (Å²) in [5.41, 5.74) is 1.91. The van der Waals surface area contributed by atoms with Crippen LogP contribution in [-0.2, 0) is 4.79 Å². The Bertz CT molecular complexity index is 818. The van der Waals surface area contributed by atoms with E-state index in [1.807, 2.05) is 35.2 Å². The molecule has 140 valence electrons. The Morgan fingerprint density at radius 3 is 1.78 bits per heavy atom. The van der Waals surface area contributed by atoms with Crippen molar-refractivity contribution in [2.24, 2.45) is 0 Å². The van der Waals surface area contributed by atoms with Gasteiger partial charge in [0.1, 0.15) is 0 Å². The first-order chi connectivity index (χ1) is 13.0. The van der Waals surface area contributed by atoms with E-state index in [2.05, 4.69) is 5.32 Å². The Hall–Kier alpha value is -3.15. The van der Waals surface area contributed by atoms with Gasteiger partial charge in [-0.25, -0.2) is 0 Å². The summed E-state index contributed by atoms with van der Waals surface area (Å²) in [7, 11) is 0. The Morgan fingerprint density at radius 1 is 0.741 bits per heavy atom. The Labute approximate surface area is 158 Å². The van der Waals surface area contributed by atoms with E-state index in [9.17, 15) is 14.4 Å². The lowest BCUT2D eigenvalue weighted by Crippen LogP contribution is -2.37. The zero-order valence-corrected chi connectivity index (χ0v) is 15.4. The Balaban J connectivity index is 1.62. The lowest BCUT2D eigenvalue weighted by atomic mass is 10.1. The standard InChI is InChI=1S/C21H23N3O3/c1-16(25)22-19-10-8-18(9-11-19)21(27)24-13-5-12-23(14-15-24)20(26)17-6-3-2-4-7-17/h2-4,6-11H,5,12-15H2,1H3,(H,22,25). The van der Waals surface area contributed by atoms with Crippen molar-refractivity contribution in [1.29, 1.82) is 0 Å². The third kappa shape index (κ3) is 4.73. The van der Waals surface area contributed by atoms with Gasteiger partial charge in [0.05, 0.1) is 0 Å². The van der Waals surface area contributed by atoms with Crippen molar-refractivity contribution < 1.29 is 14.4 Å². The van der Waals surface area contributed by atoms with E-state index < -0.39 is 0 Å². The van der Waals surface area contributed by atoms with Gasteiger partial charge in [-0.3, -0.25) is 14.4 Å². The molecule has 1 aliphatic heterocycles. The fourth-order valence-corrected chi connectivity index (χ4v) is 3.17. The van der Waals surface area contributed by atoms with E-state index in [0.29, 0.717) is 43.0 Å². The normalized spacial score (nSPS) is 14.4. The average Bonchev–Trinajstić information content (AvgIpc) is 2.94. The largest absolute Gasteiger partial charge is 0.337 e. The van der Waals surface area contributed by atoms with E-state index in [-0.39, 0.29) is 17.7 Å². The molecule has 6 heteroatoms. The molecular formula is C21H23N3O3. The van der Waals surface area contributed by atoms with Crippen molar-refractivity contribution in [2.45, 2.75) is 13.3 Å². The van der Waals surface area contributed by atoms with Gasteiger partial charge >= 0.3 is 0 Å². The van der Waals surface area contributed by atoms with Crippen molar-refractivity contribution in [3.05, 3.63) is 65.7 Å². The molecule has 0 unspecified atom stereocenters. The Morgan fingerprint density at radius 2 is 1.26 bits per heavy atom. The predicted octanol–water partition coefficient (Wildman–Crippen LogP) is 2.63. The van der Waals surface area contributed by atoms with Crippen LogP contribution >= 0.6 is 0 Å². The first kappa shape index (κ1) is 18.6. The maximum Gasteiger partial charge on any atom is 0.253 e. The second-order valence-electron chi connectivity index (χ2n) is 6.56. The molecule has 6 nitrogen and oxygen atoms in total. The molecule has 0 aromatic heterocycles. The highest BCUT2D eigenvalue weighted by molar-refractivity contribution is 5.96. The molecule has 2 aromatic rings. The third-order valence-electron chi connectivity index (χ3n) is 4.54. The Kier molecular flexibility index (Phi) is 5.86. The summed E-state index contributed by atoms with van der Waals surface area (Å²) in [5, 5.41) is 2.69. The number of nitrogens with zero attached hydrogens (tertiary/aromatic N) is 2. The average molecular weight is 365 g/mol. The van der Waals surface area contributed by atoms with E-state index in [1.165, 1.54) is 6.92 Å².